The lowest BCUT2D eigenvalue weighted by Crippen LogP contribution is -2.51. The van der Waals surface area contributed by atoms with Gasteiger partial charge in [0.1, 0.15) is 5.60 Å². The first kappa shape index (κ1) is 23.0. The number of nitrogens with one attached hydrogen (secondary N) is 3. The number of nitrogens with two attached hydrogens (primary N) is 1. The number of ether oxygens (including phenoxy) is 1. The van der Waals surface area contributed by atoms with Crippen molar-refractivity contribution in [2.45, 2.75) is 70.6 Å². The van der Waals surface area contributed by atoms with Gasteiger partial charge >= 0.3 is 12.1 Å². The molecular weight excluding hydrogens is 350 g/mol. The Labute approximate surface area is 161 Å². The van der Waals surface area contributed by atoms with Crippen LogP contribution in [0, 0.1) is 0 Å². The van der Waals surface area contributed by atoms with Gasteiger partial charge in [0.2, 0.25) is 5.91 Å². The van der Waals surface area contributed by atoms with Gasteiger partial charge in [0.25, 0.3) is 0 Å². The summed E-state index contributed by atoms with van der Waals surface area (Å²) in [7, 11) is 1.58. The van der Waals surface area contributed by atoms with E-state index in [-0.39, 0.29) is 18.0 Å². The zero-order valence-electron chi connectivity index (χ0n) is 17.0. The van der Waals surface area contributed by atoms with E-state index in [0.29, 0.717) is 26.1 Å². The van der Waals surface area contributed by atoms with Crippen LogP contribution in [0.4, 0.5) is 9.59 Å². The minimum Gasteiger partial charge on any atom is -0.444 e. The normalized spacial score (nSPS) is 16.4. The topological polar surface area (TPSA) is 126 Å². The van der Waals surface area contributed by atoms with E-state index in [9.17, 15) is 14.4 Å². The first-order chi connectivity index (χ1) is 12.6. The monoisotopic (exact) mass is 385 g/mol. The van der Waals surface area contributed by atoms with Crippen LogP contribution in [0.2, 0.25) is 0 Å². The summed E-state index contributed by atoms with van der Waals surface area (Å²) in [6.45, 7) is 7.13. The molecule has 1 aliphatic heterocycles. The zero-order valence-corrected chi connectivity index (χ0v) is 17.0. The first-order valence-electron chi connectivity index (χ1n) is 9.62. The van der Waals surface area contributed by atoms with E-state index in [1.165, 1.54) is 0 Å². The third-order valence-corrected chi connectivity index (χ3v) is 4.30. The van der Waals surface area contributed by atoms with Gasteiger partial charge in [0, 0.05) is 32.7 Å². The quantitative estimate of drug-likeness (QED) is 0.485. The van der Waals surface area contributed by atoms with E-state index in [1.807, 2.05) is 20.8 Å². The maximum atomic E-state index is 12.4. The number of carbonyl (C=O) groups excluding carboxylic acids is 3. The van der Waals surface area contributed by atoms with Crippen molar-refractivity contribution >= 4 is 18.0 Å². The number of likely N-dealkylation sites (tertiary alicyclic amines) is 1. The second-order valence-electron chi connectivity index (χ2n) is 7.85. The van der Waals surface area contributed by atoms with Crippen molar-refractivity contribution in [2.75, 3.05) is 26.7 Å². The standard InChI is InChI=1S/C18H35N5O4/c1-18(2,3)27-17(26)21-10-6-5-7-14(19)15(24)23-11-8-13(9-12-23)22-16(25)20-4/h13-14H,5-12,19H2,1-4H3,(H,21,26)(H2,20,22,25). The van der Waals surface area contributed by atoms with Crippen molar-refractivity contribution in [2.24, 2.45) is 5.73 Å². The molecule has 0 spiro atoms. The van der Waals surface area contributed by atoms with Crippen LogP contribution in [0.3, 0.4) is 0 Å². The molecule has 1 saturated heterocycles. The Hall–Kier alpha value is -2.03. The number of amides is 4. The molecular formula is C18H35N5O4. The fraction of sp³-hybridized carbons (Fsp3) is 0.833. The Morgan fingerprint density at radius 3 is 2.37 bits per heavy atom. The highest BCUT2D eigenvalue weighted by atomic mass is 16.6. The predicted molar refractivity (Wildman–Crippen MR) is 103 cm³/mol. The maximum Gasteiger partial charge on any atom is 0.407 e. The van der Waals surface area contributed by atoms with Gasteiger partial charge in [0.05, 0.1) is 6.04 Å². The number of alkyl carbamates (subject to hydrolysis) is 1. The summed E-state index contributed by atoms with van der Waals surface area (Å²) in [6.07, 6.45) is 3.08. The smallest absolute Gasteiger partial charge is 0.407 e. The van der Waals surface area contributed by atoms with Crippen LogP contribution in [0.15, 0.2) is 0 Å². The van der Waals surface area contributed by atoms with E-state index >= 15 is 0 Å². The third kappa shape index (κ3) is 9.46. The summed E-state index contributed by atoms with van der Waals surface area (Å²) in [5, 5.41) is 8.09. The fourth-order valence-corrected chi connectivity index (χ4v) is 2.85. The second kappa shape index (κ2) is 11.0. The number of urea groups is 1. The number of hydrogen-bond acceptors (Lipinski definition) is 5. The van der Waals surface area contributed by atoms with Gasteiger partial charge in [-0.15, -0.1) is 0 Å². The molecule has 0 radical (unpaired) electrons. The Bertz CT molecular complexity index is 498. The van der Waals surface area contributed by atoms with Crippen LogP contribution in [0.1, 0.15) is 52.9 Å². The average Bonchev–Trinajstić information content (AvgIpc) is 2.59. The van der Waals surface area contributed by atoms with Crippen LogP contribution in [-0.4, -0.2) is 67.3 Å². The fourth-order valence-electron chi connectivity index (χ4n) is 2.85. The van der Waals surface area contributed by atoms with Crippen LogP contribution < -0.4 is 21.7 Å². The molecule has 0 bridgehead atoms. The zero-order chi connectivity index (χ0) is 20.4. The predicted octanol–water partition coefficient (Wildman–Crippen LogP) is 0.929. The van der Waals surface area contributed by atoms with E-state index < -0.39 is 17.7 Å². The van der Waals surface area contributed by atoms with Gasteiger partial charge in [-0.3, -0.25) is 4.79 Å². The summed E-state index contributed by atoms with van der Waals surface area (Å²) in [5.74, 6) is -0.0477. The average molecular weight is 386 g/mol. The summed E-state index contributed by atoms with van der Waals surface area (Å²) in [6, 6.07) is -0.643. The minimum atomic E-state index is -0.532. The molecule has 5 N–H and O–H groups in total. The van der Waals surface area contributed by atoms with Gasteiger partial charge in [0.15, 0.2) is 0 Å². The SMILES string of the molecule is CNC(=O)NC1CCN(C(=O)C(N)CCCCNC(=O)OC(C)(C)C)CC1. The molecule has 1 heterocycles. The Morgan fingerprint density at radius 1 is 1.19 bits per heavy atom. The molecule has 1 aliphatic rings. The third-order valence-electron chi connectivity index (χ3n) is 4.30. The van der Waals surface area contributed by atoms with Gasteiger partial charge in [-0.1, -0.05) is 0 Å². The highest BCUT2D eigenvalue weighted by molar-refractivity contribution is 5.81. The molecule has 1 atom stereocenters. The lowest BCUT2D eigenvalue weighted by molar-refractivity contribution is -0.133. The van der Waals surface area contributed by atoms with Crippen molar-refractivity contribution in [1.29, 1.82) is 0 Å². The van der Waals surface area contributed by atoms with E-state index in [4.69, 9.17) is 10.5 Å². The van der Waals surface area contributed by atoms with Crippen molar-refractivity contribution in [3.05, 3.63) is 0 Å². The molecule has 1 unspecified atom stereocenters. The molecule has 9 heteroatoms. The molecule has 0 saturated carbocycles. The lowest BCUT2D eigenvalue weighted by Gasteiger charge is -2.33. The molecule has 9 nitrogen and oxygen atoms in total. The Morgan fingerprint density at radius 2 is 1.81 bits per heavy atom. The van der Waals surface area contributed by atoms with E-state index in [1.54, 1.807) is 11.9 Å². The molecule has 0 aliphatic carbocycles. The Balaban J connectivity index is 2.18. The summed E-state index contributed by atoms with van der Waals surface area (Å²) >= 11 is 0. The minimum absolute atomic E-state index is 0.0477. The molecule has 0 aromatic carbocycles. The van der Waals surface area contributed by atoms with Crippen LogP contribution in [0.25, 0.3) is 0 Å². The number of hydrogen-bond donors (Lipinski definition) is 4. The molecule has 27 heavy (non-hydrogen) atoms. The number of rotatable bonds is 7. The van der Waals surface area contributed by atoms with E-state index in [0.717, 1.165) is 25.7 Å². The van der Waals surface area contributed by atoms with Gasteiger partial charge < -0.3 is 31.3 Å². The van der Waals surface area contributed by atoms with Crippen molar-refractivity contribution in [3.63, 3.8) is 0 Å². The highest BCUT2D eigenvalue weighted by Crippen LogP contribution is 2.13. The largest absolute Gasteiger partial charge is 0.444 e. The maximum absolute atomic E-state index is 12.4. The second-order valence-corrected chi connectivity index (χ2v) is 7.85. The summed E-state index contributed by atoms with van der Waals surface area (Å²) in [4.78, 5) is 37.1. The van der Waals surface area contributed by atoms with Crippen molar-refractivity contribution in [1.82, 2.24) is 20.9 Å². The Kier molecular flexibility index (Phi) is 9.34. The van der Waals surface area contributed by atoms with Gasteiger partial charge in [-0.2, -0.15) is 0 Å². The van der Waals surface area contributed by atoms with Crippen LogP contribution in [-0.2, 0) is 9.53 Å². The number of piperidine rings is 1. The molecule has 1 rings (SSSR count). The van der Waals surface area contributed by atoms with Crippen LogP contribution >= 0.6 is 0 Å². The number of carbonyl (C=O) groups is 3. The molecule has 156 valence electrons. The number of nitrogens with zero attached hydrogens (tertiary/aromatic N) is 1. The molecule has 0 aromatic rings. The molecule has 4 amide bonds. The van der Waals surface area contributed by atoms with Crippen molar-refractivity contribution in [3.8, 4) is 0 Å². The van der Waals surface area contributed by atoms with Crippen LogP contribution in [0.5, 0.6) is 0 Å². The first-order valence-corrected chi connectivity index (χ1v) is 9.62. The highest BCUT2D eigenvalue weighted by Gasteiger charge is 2.26. The molecule has 0 aromatic heterocycles. The van der Waals surface area contributed by atoms with Gasteiger partial charge in [-0.05, 0) is 52.9 Å². The summed E-state index contributed by atoms with van der Waals surface area (Å²) < 4.78 is 5.16. The van der Waals surface area contributed by atoms with E-state index in [2.05, 4.69) is 16.0 Å². The van der Waals surface area contributed by atoms with Crippen molar-refractivity contribution < 1.29 is 19.1 Å². The number of unbranched alkanes of at least 4 members (excludes halogenated alkanes) is 1. The summed E-state index contributed by atoms with van der Waals surface area (Å²) in [5.41, 5.74) is 5.52. The lowest BCUT2D eigenvalue weighted by atomic mass is 10.0. The van der Waals surface area contributed by atoms with Gasteiger partial charge in [-0.25, -0.2) is 9.59 Å². The molecule has 1 fully saturated rings.